The van der Waals surface area contributed by atoms with E-state index >= 15 is 0 Å². The predicted molar refractivity (Wildman–Crippen MR) is 82.0 cm³/mol. The highest BCUT2D eigenvalue weighted by Crippen LogP contribution is 2.24. The first kappa shape index (κ1) is 15.8. The van der Waals surface area contributed by atoms with Gasteiger partial charge in [0, 0.05) is 13.1 Å². The van der Waals surface area contributed by atoms with Gasteiger partial charge in [-0.3, -0.25) is 4.68 Å². The maximum absolute atomic E-state index is 9.52. The molecule has 1 heterocycles. The Kier molecular flexibility index (Phi) is 5.87. The average Bonchev–Trinajstić information content (AvgIpc) is 2.77. The summed E-state index contributed by atoms with van der Waals surface area (Å²) in [6, 6.07) is 0. The molecule has 1 fully saturated rings. The van der Waals surface area contributed by atoms with Crippen molar-refractivity contribution in [3.8, 4) is 0 Å². The molecule has 0 unspecified atom stereocenters. The summed E-state index contributed by atoms with van der Waals surface area (Å²) in [6.07, 6.45) is 4.93. The lowest BCUT2D eigenvalue weighted by Crippen LogP contribution is -2.28. The molecule has 0 radical (unpaired) electrons. The van der Waals surface area contributed by atoms with Gasteiger partial charge in [-0.05, 0) is 51.5 Å². The van der Waals surface area contributed by atoms with Crippen LogP contribution in [0.25, 0.3) is 0 Å². The molecule has 0 bridgehead atoms. The van der Waals surface area contributed by atoms with Crippen LogP contribution in [0.5, 0.6) is 0 Å². The van der Waals surface area contributed by atoms with E-state index < -0.39 is 0 Å². The van der Waals surface area contributed by atoms with Gasteiger partial charge in [-0.2, -0.15) is 5.10 Å². The van der Waals surface area contributed by atoms with E-state index in [0.29, 0.717) is 5.92 Å². The molecule has 2 rings (SSSR count). The molecule has 1 saturated carbocycles. The molecule has 1 aromatic heterocycles. The molecule has 0 spiro atoms. The maximum Gasteiger partial charge on any atom is 0.0863 e. The summed E-state index contributed by atoms with van der Waals surface area (Å²) < 4.78 is 2.00. The molecule has 0 amide bonds. The quantitative estimate of drug-likeness (QED) is 0.849. The topological polar surface area (TPSA) is 50.1 Å². The third-order valence-corrected chi connectivity index (χ3v) is 4.67. The van der Waals surface area contributed by atoms with Gasteiger partial charge in [0.15, 0.2) is 0 Å². The van der Waals surface area contributed by atoms with E-state index in [1.807, 2.05) is 4.68 Å². The second kappa shape index (κ2) is 7.43. The summed E-state index contributed by atoms with van der Waals surface area (Å²) in [4.78, 5) is 0. The van der Waals surface area contributed by atoms with Crippen molar-refractivity contribution in [2.24, 2.45) is 5.92 Å². The largest absolute Gasteiger partial charge is 0.393 e. The normalized spacial score (nSPS) is 23.2. The fourth-order valence-corrected chi connectivity index (χ4v) is 3.27. The third kappa shape index (κ3) is 3.74. The highest BCUT2D eigenvalue weighted by molar-refractivity contribution is 6.31. The lowest BCUT2D eigenvalue weighted by molar-refractivity contribution is 0.108. The molecule has 0 atom stereocenters. The minimum Gasteiger partial charge on any atom is -0.393 e. The molecule has 2 N–H and O–H groups in total. The van der Waals surface area contributed by atoms with Crippen LogP contribution < -0.4 is 5.32 Å². The first-order valence-corrected chi connectivity index (χ1v) is 8.16. The maximum atomic E-state index is 9.52. The molecule has 114 valence electrons. The summed E-state index contributed by atoms with van der Waals surface area (Å²) in [6.45, 7) is 6.80. The van der Waals surface area contributed by atoms with Crippen molar-refractivity contribution in [1.29, 1.82) is 0 Å². The molecular weight excluding hydrogens is 274 g/mol. The minimum atomic E-state index is -0.0747. The lowest BCUT2D eigenvalue weighted by atomic mass is 9.87. The zero-order chi connectivity index (χ0) is 14.5. The first-order valence-electron chi connectivity index (χ1n) is 7.78. The van der Waals surface area contributed by atoms with Crippen LogP contribution in [0.1, 0.15) is 50.9 Å². The number of aliphatic hydroxyl groups is 1. The van der Waals surface area contributed by atoms with Crippen molar-refractivity contribution in [3.05, 3.63) is 16.4 Å². The number of rotatable bonds is 6. The van der Waals surface area contributed by atoms with E-state index in [-0.39, 0.29) is 6.10 Å². The summed E-state index contributed by atoms with van der Waals surface area (Å²) in [5.74, 6) is 0.681. The van der Waals surface area contributed by atoms with Gasteiger partial charge in [0.1, 0.15) is 0 Å². The Balaban J connectivity index is 1.86. The molecular formula is C15H26ClN3O. The van der Waals surface area contributed by atoms with Crippen LogP contribution in [0.4, 0.5) is 0 Å². The minimum absolute atomic E-state index is 0.0747. The molecule has 1 aliphatic carbocycles. The average molecular weight is 300 g/mol. The fourth-order valence-electron chi connectivity index (χ4n) is 2.93. The third-order valence-electron chi connectivity index (χ3n) is 4.24. The van der Waals surface area contributed by atoms with Crippen molar-refractivity contribution >= 4 is 11.6 Å². The summed E-state index contributed by atoms with van der Waals surface area (Å²) >= 11 is 6.39. The van der Waals surface area contributed by atoms with Crippen LogP contribution in [0, 0.1) is 5.92 Å². The van der Waals surface area contributed by atoms with Crippen molar-refractivity contribution in [2.45, 2.75) is 65.1 Å². The first-order chi connectivity index (χ1) is 9.65. The molecule has 0 aliphatic heterocycles. The van der Waals surface area contributed by atoms with Gasteiger partial charge in [0.05, 0.1) is 22.5 Å². The van der Waals surface area contributed by atoms with Gasteiger partial charge in [0.25, 0.3) is 0 Å². The predicted octanol–water partition coefficient (Wildman–Crippen LogP) is 2.76. The molecule has 1 aromatic rings. The Morgan fingerprint density at radius 1 is 1.30 bits per heavy atom. The van der Waals surface area contributed by atoms with E-state index in [4.69, 9.17) is 11.6 Å². The number of halogens is 1. The van der Waals surface area contributed by atoms with Crippen LogP contribution in [0.2, 0.25) is 5.02 Å². The van der Waals surface area contributed by atoms with Gasteiger partial charge < -0.3 is 10.4 Å². The summed E-state index contributed by atoms with van der Waals surface area (Å²) in [5, 5.41) is 18.4. The Labute approximate surface area is 126 Å². The van der Waals surface area contributed by atoms with Gasteiger partial charge in [0.2, 0.25) is 0 Å². The van der Waals surface area contributed by atoms with Gasteiger partial charge in [-0.15, -0.1) is 0 Å². The van der Waals surface area contributed by atoms with Crippen molar-refractivity contribution < 1.29 is 5.11 Å². The number of nitrogens with zero attached hydrogens (tertiary/aromatic N) is 2. The van der Waals surface area contributed by atoms with E-state index in [0.717, 1.165) is 68.1 Å². The SMILES string of the molecule is CCc1nn(CC)c(CNCC2CCC(O)CC2)c1Cl. The second-order valence-electron chi connectivity index (χ2n) is 5.68. The van der Waals surface area contributed by atoms with Gasteiger partial charge in [-0.1, -0.05) is 18.5 Å². The molecule has 4 nitrogen and oxygen atoms in total. The van der Waals surface area contributed by atoms with E-state index in [1.165, 1.54) is 0 Å². The van der Waals surface area contributed by atoms with Crippen LogP contribution >= 0.6 is 11.6 Å². The van der Waals surface area contributed by atoms with Crippen LogP contribution in [-0.2, 0) is 19.5 Å². The molecule has 0 saturated heterocycles. The molecule has 1 aliphatic rings. The number of hydrogen-bond donors (Lipinski definition) is 2. The standard InChI is InChI=1S/C15H26ClN3O/c1-3-13-15(16)14(19(4-2)18-13)10-17-9-11-5-7-12(20)8-6-11/h11-12,17,20H,3-10H2,1-2H3. The second-order valence-corrected chi connectivity index (χ2v) is 6.06. The zero-order valence-electron chi connectivity index (χ0n) is 12.5. The van der Waals surface area contributed by atoms with Crippen molar-refractivity contribution in [2.75, 3.05) is 6.54 Å². The Morgan fingerprint density at radius 2 is 2.00 bits per heavy atom. The molecule has 20 heavy (non-hydrogen) atoms. The number of nitrogens with one attached hydrogen (secondary N) is 1. The zero-order valence-corrected chi connectivity index (χ0v) is 13.3. The van der Waals surface area contributed by atoms with E-state index in [9.17, 15) is 5.11 Å². The van der Waals surface area contributed by atoms with E-state index in [1.54, 1.807) is 0 Å². The Morgan fingerprint density at radius 3 is 2.60 bits per heavy atom. The number of aryl methyl sites for hydroxylation is 2. The number of aromatic nitrogens is 2. The van der Waals surface area contributed by atoms with Gasteiger partial charge >= 0.3 is 0 Å². The van der Waals surface area contributed by atoms with Crippen LogP contribution in [-0.4, -0.2) is 27.5 Å². The Hall–Kier alpha value is -0.580. The summed E-state index contributed by atoms with van der Waals surface area (Å²) in [7, 11) is 0. The molecule has 5 heteroatoms. The van der Waals surface area contributed by atoms with Crippen molar-refractivity contribution in [1.82, 2.24) is 15.1 Å². The Bertz CT molecular complexity index is 425. The highest BCUT2D eigenvalue weighted by Gasteiger charge is 2.19. The monoisotopic (exact) mass is 299 g/mol. The van der Waals surface area contributed by atoms with Crippen molar-refractivity contribution in [3.63, 3.8) is 0 Å². The number of hydrogen-bond acceptors (Lipinski definition) is 3. The van der Waals surface area contributed by atoms with Gasteiger partial charge in [-0.25, -0.2) is 0 Å². The lowest BCUT2D eigenvalue weighted by Gasteiger charge is -2.25. The number of aliphatic hydroxyl groups excluding tert-OH is 1. The van der Waals surface area contributed by atoms with Crippen LogP contribution in [0.15, 0.2) is 0 Å². The highest BCUT2D eigenvalue weighted by atomic mass is 35.5. The van der Waals surface area contributed by atoms with E-state index in [2.05, 4.69) is 24.3 Å². The fraction of sp³-hybridized carbons (Fsp3) is 0.800. The van der Waals surface area contributed by atoms with Crippen LogP contribution in [0.3, 0.4) is 0 Å². The summed E-state index contributed by atoms with van der Waals surface area (Å²) in [5.41, 5.74) is 2.09. The smallest absolute Gasteiger partial charge is 0.0863 e. The molecule has 0 aromatic carbocycles.